The van der Waals surface area contributed by atoms with Crippen LogP contribution in [0.1, 0.15) is 46.0 Å². The Morgan fingerprint density at radius 2 is 2.07 bits per heavy atom. The van der Waals surface area contributed by atoms with Crippen molar-refractivity contribution < 1.29 is 5.11 Å². The van der Waals surface area contributed by atoms with Crippen molar-refractivity contribution in [1.82, 2.24) is 4.90 Å². The van der Waals surface area contributed by atoms with Crippen molar-refractivity contribution in [3.63, 3.8) is 0 Å². The highest BCUT2D eigenvalue weighted by atomic mass is 16.3. The minimum Gasteiger partial charge on any atom is -0.393 e. The molecular formula is C12H23NO. The molecule has 14 heavy (non-hydrogen) atoms. The lowest BCUT2D eigenvalue weighted by atomic mass is 9.66. The van der Waals surface area contributed by atoms with Crippen molar-refractivity contribution in [3.8, 4) is 0 Å². The van der Waals surface area contributed by atoms with Crippen molar-refractivity contribution in [2.45, 2.75) is 63.6 Å². The smallest absolute Gasteiger partial charge is 0.0600 e. The molecule has 0 aromatic rings. The number of nitrogens with zero attached hydrogens (tertiary/aromatic N) is 1. The summed E-state index contributed by atoms with van der Waals surface area (Å²) >= 11 is 0. The van der Waals surface area contributed by atoms with Gasteiger partial charge < -0.3 is 5.11 Å². The van der Waals surface area contributed by atoms with Crippen molar-refractivity contribution in [2.75, 3.05) is 7.05 Å². The topological polar surface area (TPSA) is 23.5 Å². The molecule has 0 bridgehead atoms. The fourth-order valence-electron chi connectivity index (χ4n) is 3.56. The predicted octanol–water partition coefficient (Wildman–Crippen LogP) is 2.02. The van der Waals surface area contributed by atoms with Gasteiger partial charge in [0.1, 0.15) is 0 Å². The SMILES string of the molecule is CC1CC(O)C2CCCCC2(C)N1C. The fraction of sp³-hybridized carbons (Fsp3) is 1.00. The van der Waals surface area contributed by atoms with Crippen LogP contribution in [0.5, 0.6) is 0 Å². The second kappa shape index (κ2) is 3.49. The van der Waals surface area contributed by atoms with Crippen LogP contribution in [0.25, 0.3) is 0 Å². The third-order valence-electron chi connectivity index (χ3n) is 4.76. The van der Waals surface area contributed by atoms with Gasteiger partial charge in [-0.25, -0.2) is 0 Å². The van der Waals surface area contributed by atoms with Crippen LogP contribution in [-0.2, 0) is 0 Å². The van der Waals surface area contributed by atoms with Gasteiger partial charge in [-0.1, -0.05) is 12.8 Å². The van der Waals surface area contributed by atoms with Crippen LogP contribution in [0.2, 0.25) is 0 Å². The van der Waals surface area contributed by atoms with E-state index < -0.39 is 0 Å². The number of aliphatic hydroxyl groups excluding tert-OH is 1. The van der Waals surface area contributed by atoms with E-state index in [0.717, 1.165) is 6.42 Å². The predicted molar refractivity (Wildman–Crippen MR) is 58.2 cm³/mol. The van der Waals surface area contributed by atoms with Gasteiger partial charge in [-0.2, -0.15) is 0 Å². The molecule has 2 rings (SSSR count). The molecule has 1 saturated heterocycles. The highest BCUT2D eigenvalue weighted by molar-refractivity contribution is 5.02. The molecule has 0 spiro atoms. The molecule has 1 aliphatic heterocycles. The largest absolute Gasteiger partial charge is 0.393 e. The first kappa shape index (κ1) is 10.4. The fourth-order valence-corrected chi connectivity index (χ4v) is 3.56. The van der Waals surface area contributed by atoms with Crippen LogP contribution in [0.15, 0.2) is 0 Å². The zero-order valence-electron chi connectivity index (χ0n) is 9.66. The van der Waals surface area contributed by atoms with Crippen molar-refractivity contribution in [1.29, 1.82) is 0 Å². The molecule has 2 fully saturated rings. The summed E-state index contributed by atoms with van der Waals surface area (Å²) in [6.45, 7) is 4.58. The number of fused-ring (bicyclic) bond motifs is 1. The van der Waals surface area contributed by atoms with Gasteiger partial charge in [-0.15, -0.1) is 0 Å². The molecule has 4 atom stereocenters. The normalized spacial score (nSPS) is 50.1. The first-order valence-corrected chi connectivity index (χ1v) is 5.96. The Morgan fingerprint density at radius 3 is 2.79 bits per heavy atom. The van der Waals surface area contributed by atoms with E-state index in [2.05, 4.69) is 25.8 Å². The average molecular weight is 197 g/mol. The van der Waals surface area contributed by atoms with Crippen molar-refractivity contribution >= 4 is 0 Å². The zero-order chi connectivity index (χ0) is 10.3. The first-order chi connectivity index (χ1) is 6.55. The highest BCUT2D eigenvalue weighted by Crippen LogP contribution is 2.44. The summed E-state index contributed by atoms with van der Waals surface area (Å²) < 4.78 is 0. The van der Waals surface area contributed by atoms with E-state index in [-0.39, 0.29) is 11.6 Å². The third kappa shape index (κ3) is 1.40. The van der Waals surface area contributed by atoms with Crippen LogP contribution < -0.4 is 0 Å². The number of piperidine rings is 1. The maximum absolute atomic E-state index is 10.1. The Balaban J connectivity index is 2.24. The van der Waals surface area contributed by atoms with Crippen LogP contribution in [0, 0.1) is 5.92 Å². The number of likely N-dealkylation sites (tertiary alicyclic amines) is 1. The lowest BCUT2D eigenvalue weighted by Gasteiger charge is -2.56. The lowest BCUT2D eigenvalue weighted by molar-refractivity contribution is -0.103. The molecule has 2 aliphatic rings. The molecule has 1 heterocycles. The van der Waals surface area contributed by atoms with E-state index >= 15 is 0 Å². The standard InChI is InChI=1S/C12H23NO/c1-9-8-11(14)10-6-4-5-7-12(10,2)13(9)3/h9-11,14H,4-8H2,1-3H3. The Hall–Kier alpha value is -0.0800. The molecule has 0 radical (unpaired) electrons. The molecule has 82 valence electrons. The van der Waals surface area contributed by atoms with Gasteiger partial charge in [0.15, 0.2) is 0 Å². The van der Waals surface area contributed by atoms with Gasteiger partial charge in [0.2, 0.25) is 0 Å². The summed E-state index contributed by atoms with van der Waals surface area (Å²) in [5.74, 6) is 0.512. The average Bonchev–Trinajstić information content (AvgIpc) is 2.15. The van der Waals surface area contributed by atoms with Crippen LogP contribution in [-0.4, -0.2) is 34.7 Å². The quantitative estimate of drug-likeness (QED) is 0.642. The second-order valence-electron chi connectivity index (χ2n) is 5.47. The highest BCUT2D eigenvalue weighted by Gasteiger charge is 2.48. The first-order valence-electron chi connectivity index (χ1n) is 5.96. The van der Waals surface area contributed by atoms with Gasteiger partial charge in [-0.05, 0) is 40.2 Å². The summed E-state index contributed by atoms with van der Waals surface area (Å²) in [7, 11) is 2.23. The monoisotopic (exact) mass is 197 g/mol. The Morgan fingerprint density at radius 1 is 1.36 bits per heavy atom. The van der Waals surface area contributed by atoms with E-state index in [1.54, 1.807) is 0 Å². The molecule has 2 nitrogen and oxygen atoms in total. The maximum Gasteiger partial charge on any atom is 0.0600 e. The van der Waals surface area contributed by atoms with Crippen molar-refractivity contribution in [3.05, 3.63) is 0 Å². The van der Waals surface area contributed by atoms with E-state index in [1.807, 2.05) is 0 Å². The number of hydrogen-bond acceptors (Lipinski definition) is 2. The molecular weight excluding hydrogens is 174 g/mol. The minimum atomic E-state index is -0.0634. The molecule has 4 unspecified atom stereocenters. The molecule has 0 amide bonds. The zero-order valence-corrected chi connectivity index (χ0v) is 9.66. The number of rotatable bonds is 0. The minimum absolute atomic E-state index is 0.0634. The summed E-state index contributed by atoms with van der Waals surface area (Å²) in [5, 5.41) is 10.1. The summed E-state index contributed by atoms with van der Waals surface area (Å²) in [6, 6.07) is 0.532. The molecule has 1 N–H and O–H groups in total. The third-order valence-corrected chi connectivity index (χ3v) is 4.76. The number of aliphatic hydroxyl groups is 1. The molecule has 1 saturated carbocycles. The molecule has 0 aromatic carbocycles. The molecule has 2 heteroatoms. The van der Waals surface area contributed by atoms with E-state index in [4.69, 9.17) is 0 Å². The Kier molecular flexibility index (Phi) is 2.61. The van der Waals surface area contributed by atoms with Gasteiger partial charge in [0, 0.05) is 17.5 Å². The van der Waals surface area contributed by atoms with Crippen molar-refractivity contribution in [2.24, 2.45) is 5.92 Å². The van der Waals surface area contributed by atoms with E-state index in [0.29, 0.717) is 12.0 Å². The summed E-state index contributed by atoms with van der Waals surface area (Å²) in [6.07, 6.45) is 6.00. The van der Waals surface area contributed by atoms with Gasteiger partial charge in [-0.3, -0.25) is 4.90 Å². The van der Waals surface area contributed by atoms with E-state index in [1.165, 1.54) is 25.7 Å². The van der Waals surface area contributed by atoms with Gasteiger partial charge in [0.25, 0.3) is 0 Å². The number of hydrogen-bond donors (Lipinski definition) is 1. The van der Waals surface area contributed by atoms with Crippen LogP contribution in [0.4, 0.5) is 0 Å². The summed E-state index contributed by atoms with van der Waals surface area (Å²) in [5.41, 5.74) is 0.259. The Labute approximate surface area is 87.3 Å². The lowest BCUT2D eigenvalue weighted by Crippen LogP contribution is -2.62. The second-order valence-corrected chi connectivity index (χ2v) is 5.47. The van der Waals surface area contributed by atoms with Crippen LogP contribution >= 0.6 is 0 Å². The summed E-state index contributed by atoms with van der Waals surface area (Å²) in [4.78, 5) is 2.50. The van der Waals surface area contributed by atoms with Gasteiger partial charge >= 0.3 is 0 Å². The molecule has 1 aliphatic carbocycles. The maximum atomic E-state index is 10.1. The van der Waals surface area contributed by atoms with Gasteiger partial charge in [0.05, 0.1) is 6.10 Å². The van der Waals surface area contributed by atoms with Crippen LogP contribution in [0.3, 0.4) is 0 Å². The van der Waals surface area contributed by atoms with E-state index in [9.17, 15) is 5.11 Å². The molecule has 0 aromatic heterocycles. The Bertz CT molecular complexity index is 218.